The number of aryl methyl sites for hydroxylation is 1. The molecule has 0 radical (unpaired) electrons. The fourth-order valence-electron chi connectivity index (χ4n) is 3.15. The van der Waals surface area contributed by atoms with Gasteiger partial charge in [0, 0.05) is 42.7 Å². The van der Waals surface area contributed by atoms with Crippen molar-refractivity contribution >= 4 is 17.2 Å². The number of ether oxygens (including phenoxy) is 1. The summed E-state index contributed by atoms with van der Waals surface area (Å²) in [7, 11) is 0. The fourth-order valence-corrected chi connectivity index (χ4v) is 4.11. The summed E-state index contributed by atoms with van der Waals surface area (Å²) in [5.74, 6) is 0.263. The van der Waals surface area contributed by atoms with E-state index in [4.69, 9.17) is 4.74 Å². The van der Waals surface area contributed by atoms with Crippen LogP contribution in [0, 0.1) is 6.92 Å². The minimum atomic E-state index is 0.134. The van der Waals surface area contributed by atoms with Crippen LogP contribution in [0.4, 0.5) is 0 Å². The lowest BCUT2D eigenvalue weighted by Gasteiger charge is -2.39. The molecule has 0 bridgehead atoms. The van der Waals surface area contributed by atoms with E-state index < -0.39 is 0 Å². The fraction of sp³-hybridized carbons (Fsp3) is 0.750. The van der Waals surface area contributed by atoms with E-state index in [0.29, 0.717) is 6.54 Å². The molecule has 6 heteroatoms. The molecule has 0 saturated carbocycles. The Bertz CT molecular complexity index is 517. The molecule has 0 atom stereocenters. The van der Waals surface area contributed by atoms with Gasteiger partial charge in [-0.05, 0) is 19.8 Å². The number of carbonyl (C=O) groups excluding carboxylic acids is 1. The van der Waals surface area contributed by atoms with Crippen molar-refractivity contribution in [3.63, 3.8) is 0 Å². The molecule has 1 amide bonds. The summed E-state index contributed by atoms with van der Waals surface area (Å²) in [6, 6.07) is 0. The minimum absolute atomic E-state index is 0.134. The Morgan fingerprint density at radius 1 is 1.32 bits per heavy atom. The molecule has 22 heavy (non-hydrogen) atoms. The third kappa shape index (κ3) is 3.50. The van der Waals surface area contributed by atoms with Crippen LogP contribution in [0.1, 0.15) is 29.7 Å². The van der Waals surface area contributed by atoms with Crippen molar-refractivity contribution in [3.8, 4) is 0 Å². The lowest BCUT2D eigenvalue weighted by molar-refractivity contribution is -0.135. The van der Waals surface area contributed by atoms with E-state index in [1.807, 2.05) is 11.1 Å². The highest BCUT2D eigenvalue weighted by Crippen LogP contribution is 2.37. The third-order valence-electron chi connectivity index (χ3n) is 4.82. The number of rotatable bonds is 3. The van der Waals surface area contributed by atoms with Gasteiger partial charge in [0.1, 0.15) is 0 Å². The minimum Gasteiger partial charge on any atom is -0.379 e. The number of hydrogen-bond donors (Lipinski definition) is 0. The first-order chi connectivity index (χ1) is 10.6. The van der Waals surface area contributed by atoms with E-state index >= 15 is 0 Å². The summed E-state index contributed by atoms with van der Waals surface area (Å²) in [5, 5.41) is 1.23. The molecule has 122 valence electrons. The summed E-state index contributed by atoms with van der Waals surface area (Å²) in [6.07, 6.45) is 3.98. The van der Waals surface area contributed by atoms with Gasteiger partial charge >= 0.3 is 0 Å². The summed E-state index contributed by atoms with van der Waals surface area (Å²) in [5.41, 5.74) is 0.134. The SMILES string of the molecule is Cc1cnc(C2(C)CCN(C(=O)CN3CCOCC3)CC2)s1. The Balaban J connectivity index is 1.53. The zero-order chi connectivity index (χ0) is 15.6. The number of likely N-dealkylation sites (tertiary alicyclic amines) is 1. The molecule has 1 aromatic rings. The molecule has 2 aliphatic heterocycles. The van der Waals surface area contributed by atoms with Gasteiger partial charge in [-0.3, -0.25) is 9.69 Å². The summed E-state index contributed by atoms with van der Waals surface area (Å²) in [4.78, 5) is 22.5. The van der Waals surface area contributed by atoms with E-state index in [1.165, 1.54) is 9.88 Å². The van der Waals surface area contributed by atoms with Crippen LogP contribution in [0.2, 0.25) is 0 Å². The predicted molar refractivity (Wildman–Crippen MR) is 87.3 cm³/mol. The van der Waals surface area contributed by atoms with Gasteiger partial charge in [-0.1, -0.05) is 6.92 Å². The number of amides is 1. The third-order valence-corrected chi connectivity index (χ3v) is 6.04. The van der Waals surface area contributed by atoms with Gasteiger partial charge in [-0.25, -0.2) is 4.98 Å². The molecule has 3 heterocycles. The summed E-state index contributed by atoms with van der Waals surface area (Å²) >= 11 is 1.79. The number of hydrogen-bond acceptors (Lipinski definition) is 5. The first kappa shape index (κ1) is 15.9. The molecule has 2 aliphatic rings. The zero-order valence-corrected chi connectivity index (χ0v) is 14.3. The van der Waals surface area contributed by atoms with Crippen LogP contribution in [0.25, 0.3) is 0 Å². The Kier molecular flexibility index (Phi) is 4.80. The average Bonchev–Trinajstić information content (AvgIpc) is 2.96. The van der Waals surface area contributed by atoms with Crippen molar-refractivity contribution in [2.75, 3.05) is 45.9 Å². The molecule has 1 aromatic heterocycles. The topological polar surface area (TPSA) is 45.7 Å². The smallest absolute Gasteiger partial charge is 0.236 e. The van der Waals surface area contributed by atoms with Gasteiger partial charge in [0.05, 0.1) is 24.8 Å². The number of nitrogens with zero attached hydrogens (tertiary/aromatic N) is 3. The number of piperidine rings is 1. The zero-order valence-electron chi connectivity index (χ0n) is 13.5. The number of aromatic nitrogens is 1. The summed E-state index contributed by atoms with van der Waals surface area (Å²) < 4.78 is 5.33. The molecule has 0 spiro atoms. The molecular weight excluding hydrogens is 298 g/mol. The van der Waals surface area contributed by atoms with E-state index in [1.54, 1.807) is 11.3 Å². The quantitative estimate of drug-likeness (QED) is 0.849. The van der Waals surface area contributed by atoms with Gasteiger partial charge in [0.25, 0.3) is 0 Å². The van der Waals surface area contributed by atoms with Crippen molar-refractivity contribution in [1.82, 2.24) is 14.8 Å². The molecule has 3 rings (SSSR count). The molecule has 0 N–H and O–H groups in total. The molecular formula is C16H25N3O2S. The number of thiazole rings is 1. The van der Waals surface area contributed by atoms with E-state index in [0.717, 1.165) is 52.2 Å². The highest BCUT2D eigenvalue weighted by molar-refractivity contribution is 7.11. The van der Waals surface area contributed by atoms with Crippen LogP contribution in [0.3, 0.4) is 0 Å². The molecule has 2 saturated heterocycles. The van der Waals surface area contributed by atoms with E-state index in [2.05, 4.69) is 23.7 Å². The highest BCUT2D eigenvalue weighted by atomic mass is 32.1. The Morgan fingerprint density at radius 2 is 2.00 bits per heavy atom. The van der Waals surface area contributed by atoms with Gasteiger partial charge in [0.2, 0.25) is 5.91 Å². The number of morpholine rings is 1. The Morgan fingerprint density at radius 3 is 2.59 bits per heavy atom. The van der Waals surface area contributed by atoms with Crippen molar-refractivity contribution < 1.29 is 9.53 Å². The standard InChI is InChI=1S/C16H25N3O2S/c1-13-11-17-15(22-13)16(2)3-5-19(6-4-16)14(20)12-18-7-9-21-10-8-18/h11H,3-10,12H2,1-2H3. The molecule has 2 fully saturated rings. The lowest BCUT2D eigenvalue weighted by Crippen LogP contribution is -2.49. The van der Waals surface area contributed by atoms with Crippen molar-refractivity contribution in [3.05, 3.63) is 16.1 Å². The van der Waals surface area contributed by atoms with Crippen molar-refractivity contribution in [1.29, 1.82) is 0 Å². The van der Waals surface area contributed by atoms with Crippen LogP contribution in [0.15, 0.2) is 6.20 Å². The maximum atomic E-state index is 12.4. The van der Waals surface area contributed by atoms with E-state index in [-0.39, 0.29) is 11.3 Å². The second kappa shape index (κ2) is 6.64. The molecule has 0 aliphatic carbocycles. The number of carbonyl (C=O) groups is 1. The molecule has 0 unspecified atom stereocenters. The van der Waals surface area contributed by atoms with Crippen LogP contribution in [-0.4, -0.2) is 66.6 Å². The molecule has 5 nitrogen and oxygen atoms in total. The van der Waals surface area contributed by atoms with Crippen molar-refractivity contribution in [2.45, 2.75) is 32.1 Å². The maximum Gasteiger partial charge on any atom is 0.236 e. The van der Waals surface area contributed by atoms with Gasteiger partial charge < -0.3 is 9.64 Å². The first-order valence-electron chi connectivity index (χ1n) is 8.08. The normalized spacial score (nSPS) is 22.7. The largest absolute Gasteiger partial charge is 0.379 e. The van der Waals surface area contributed by atoms with Crippen LogP contribution in [0.5, 0.6) is 0 Å². The van der Waals surface area contributed by atoms with Crippen LogP contribution < -0.4 is 0 Å². The Labute approximate surface area is 136 Å². The van der Waals surface area contributed by atoms with E-state index in [9.17, 15) is 4.79 Å². The molecule has 0 aromatic carbocycles. The van der Waals surface area contributed by atoms with Crippen molar-refractivity contribution in [2.24, 2.45) is 0 Å². The average molecular weight is 323 g/mol. The van der Waals surface area contributed by atoms with Gasteiger partial charge in [-0.15, -0.1) is 11.3 Å². The highest BCUT2D eigenvalue weighted by Gasteiger charge is 2.35. The second-order valence-corrected chi connectivity index (χ2v) is 7.84. The van der Waals surface area contributed by atoms with Gasteiger partial charge in [-0.2, -0.15) is 0 Å². The summed E-state index contributed by atoms with van der Waals surface area (Å²) in [6.45, 7) is 9.85. The first-order valence-corrected chi connectivity index (χ1v) is 8.89. The monoisotopic (exact) mass is 323 g/mol. The van der Waals surface area contributed by atoms with Crippen LogP contribution in [-0.2, 0) is 14.9 Å². The van der Waals surface area contributed by atoms with Crippen LogP contribution >= 0.6 is 11.3 Å². The Hall–Kier alpha value is -0.980. The lowest BCUT2D eigenvalue weighted by atomic mass is 9.81. The maximum absolute atomic E-state index is 12.4. The van der Waals surface area contributed by atoms with Gasteiger partial charge in [0.15, 0.2) is 0 Å². The predicted octanol–water partition coefficient (Wildman–Crippen LogP) is 1.66. The second-order valence-electron chi connectivity index (χ2n) is 6.61.